The first-order valence-corrected chi connectivity index (χ1v) is 13.4. The van der Waals surface area contributed by atoms with Crippen LogP contribution in [0.4, 0.5) is 20.2 Å². The molecule has 2 aliphatic heterocycles. The molecule has 0 aromatic heterocycles. The van der Waals surface area contributed by atoms with Crippen LogP contribution in [0.3, 0.4) is 0 Å². The van der Waals surface area contributed by atoms with E-state index in [0.717, 1.165) is 0 Å². The highest BCUT2D eigenvalue weighted by atomic mass is 19.1. The van der Waals surface area contributed by atoms with Crippen LogP contribution in [0.1, 0.15) is 55.6 Å². The van der Waals surface area contributed by atoms with Crippen LogP contribution in [0, 0.1) is 24.1 Å². The average molecular weight is 563 g/mol. The molecule has 2 aromatic rings. The van der Waals surface area contributed by atoms with Crippen molar-refractivity contribution >= 4 is 29.1 Å². The van der Waals surface area contributed by atoms with Crippen molar-refractivity contribution < 1.29 is 23.2 Å². The van der Waals surface area contributed by atoms with E-state index in [1.807, 2.05) is 20.8 Å². The van der Waals surface area contributed by atoms with E-state index in [1.165, 1.54) is 36.4 Å². The van der Waals surface area contributed by atoms with Gasteiger partial charge in [-0.25, -0.2) is 8.78 Å². The summed E-state index contributed by atoms with van der Waals surface area (Å²) in [6.45, 7) is 13.1. The molecule has 0 radical (unpaired) electrons. The summed E-state index contributed by atoms with van der Waals surface area (Å²) in [4.78, 5) is 39.3. The van der Waals surface area contributed by atoms with E-state index in [4.69, 9.17) is 5.73 Å². The molecule has 1 spiro atoms. The van der Waals surface area contributed by atoms with Crippen LogP contribution in [0.2, 0.25) is 0 Å². The monoisotopic (exact) mass is 562 g/mol. The van der Waals surface area contributed by atoms with E-state index in [0.29, 0.717) is 28.8 Å². The molecule has 41 heavy (non-hydrogen) atoms. The summed E-state index contributed by atoms with van der Waals surface area (Å²) in [6.07, 6.45) is 4.70. The first-order chi connectivity index (χ1) is 19.2. The third kappa shape index (κ3) is 5.59. The van der Waals surface area contributed by atoms with E-state index in [-0.39, 0.29) is 16.7 Å². The fourth-order valence-electron chi connectivity index (χ4n) is 5.85. The van der Waals surface area contributed by atoms with Gasteiger partial charge in [-0.15, -0.1) is 0 Å². The van der Waals surface area contributed by atoms with Crippen LogP contribution in [0.15, 0.2) is 72.6 Å². The summed E-state index contributed by atoms with van der Waals surface area (Å²) in [7, 11) is 0. The highest BCUT2D eigenvalue weighted by Crippen LogP contribution is 2.55. The topological polar surface area (TPSA) is 113 Å². The number of nitrogens with two attached hydrogens (primary N) is 1. The van der Waals surface area contributed by atoms with Gasteiger partial charge in [0.2, 0.25) is 17.7 Å². The van der Waals surface area contributed by atoms with Gasteiger partial charge < -0.3 is 21.7 Å². The normalized spacial score (nSPS) is 24.0. The standard InChI is InChI=1S/C32H36F2N4O3/c1-17(2)8-7-9-22(33)24-27(29(40)36-20-13-11-19(12-14-20)28(35)39)37-23(16-31(4,5)6)32(24)21-15-10-18(3)25(34)26(21)38-30(32)41/h7-15,23-24,27,37H,1,16H2,2-6H3,(H2,35,39)(H,36,40)(H,38,41)/b8-7-,22-9-/t23?,24?,27-,32-/m1/s1. The summed E-state index contributed by atoms with van der Waals surface area (Å²) < 4.78 is 31.8. The van der Waals surface area contributed by atoms with Crippen molar-refractivity contribution in [3.63, 3.8) is 0 Å². The lowest BCUT2D eigenvalue weighted by atomic mass is 9.64. The second-order valence-corrected chi connectivity index (χ2v) is 12.1. The Morgan fingerprint density at radius 1 is 1.17 bits per heavy atom. The minimum absolute atomic E-state index is 0.00841. The van der Waals surface area contributed by atoms with E-state index < -0.39 is 52.8 Å². The maximum Gasteiger partial charge on any atom is 0.248 e. The molecule has 1 fully saturated rings. The molecular weight excluding hydrogens is 526 g/mol. The fraction of sp³-hybridized carbons (Fsp3) is 0.344. The average Bonchev–Trinajstić information content (AvgIpc) is 3.36. The van der Waals surface area contributed by atoms with Crippen LogP contribution >= 0.6 is 0 Å². The van der Waals surface area contributed by atoms with Crippen LogP contribution in [-0.2, 0) is 15.0 Å². The number of hydrogen-bond donors (Lipinski definition) is 4. The lowest BCUT2D eigenvalue weighted by molar-refractivity contribution is -0.123. The van der Waals surface area contributed by atoms with Gasteiger partial charge in [0.15, 0.2) is 0 Å². The van der Waals surface area contributed by atoms with Crippen molar-refractivity contribution in [2.75, 3.05) is 10.6 Å². The Morgan fingerprint density at radius 3 is 2.41 bits per heavy atom. The summed E-state index contributed by atoms with van der Waals surface area (Å²) in [6, 6.07) is 7.27. The van der Waals surface area contributed by atoms with Crippen molar-refractivity contribution in [2.24, 2.45) is 17.1 Å². The van der Waals surface area contributed by atoms with Gasteiger partial charge in [-0.3, -0.25) is 14.4 Å². The SMILES string of the molecule is C=C(C)/C=C\C=C(/F)C1[C@H](C(=O)Nc2ccc(C(N)=O)cc2)NC(CC(C)(C)C)[C@@]12C(=O)Nc1c2ccc(C)c1F. The smallest absolute Gasteiger partial charge is 0.248 e. The molecule has 2 unspecified atom stereocenters. The van der Waals surface area contributed by atoms with Crippen molar-refractivity contribution in [3.8, 4) is 0 Å². The number of hydrogen-bond acceptors (Lipinski definition) is 4. The van der Waals surface area contributed by atoms with Crippen molar-refractivity contribution in [3.05, 3.63) is 95.1 Å². The van der Waals surface area contributed by atoms with E-state index in [2.05, 4.69) is 22.5 Å². The highest BCUT2D eigenvalue weighted by Gasteiger charge is 2.67. The largest absolute Gasteiger partial charge is 0.366 e. The number of anilines is 2. The van der Waals surface area contributed by atoms with E-state index >= 15 is 8.78 Å². The molecule has 5 N–H and O–H groups in total. The van der Waals surface area contributed by atoms with Crippen LogP contribution < -0.4 is 21.7 Å². The van der Waals surface area contributed by atoms with Crippen LogP contribution in [0.25, 0.3) is 0 Å². The number of carbonyl (C=O) groups excluding carboxylic acids is 3. The Balaban J connectivity index is 1.89. The Labute approximate surface area is 239 Å². The first-order valence-electron chi connectivity index (χ1n) is 13.4. The van der Waals surface area contributed by atoms with Gasteiger partial charge in [-0.1, -0.05) is 57.2 Å². The molecular formula is C32H36F2N4O3. The Kier molecular flexibility index (Phi) is 8.05. The fourth-order valence-corrected chi connectivity index (χ4v) is 5.85. The maximum absolute atomic E-state index is 16.4. The number of fused-ring (bicyclic) bond motifs is 2. The van der Waals surface area contributed by atoms with E-state index in [1.54, 1.807) is 32.1 Å². The van der Waals surface area contributed by atoms with Gasteiger partial charge >= 0.3 is 0 Å². The van der Waals surface area contributed by atoms with Gasteiger partial charge in [-0.05, 0) is 67.2 Å². The van der Waals surface area contributed by atoms with Crippen molar-refractivity contribution in [2.45, 2.75) is 58.5 Å². The summed E-state index contributed by atoms with van der Waals surface area (Å²) in [5.41, 5.74) is 5.33. The molecule has 4 rings (SSSR count). The maximum atomic E-state index is 16.4. The highest BCUT2D eigenvalue weighted by molar-refractivity contribution is 6.09. The predicted molar refractivity (Wildman–Crippen MR) is 156 cm³/mol. The quantitative estimate of drug-likeness (QED) is 0.337. The molecule has 4 atom stereocenters. The number of nitrogens with one attached hydrogen (secondary N) is 3. The molecule has 0 bridgehead atoms. The number of primary amides is 1. The Hall–Kier alpha value is -4.11. The minimum Gasteiger partial charge on any atom is -0.366 e. The predicted octanol–water partition coefficient (Wildman–Crippen LogP) is 5.44. The van der Waals surface area contributed by atoms with Gasteiger partial charge in [0, 0.05) is 17.3 Å². The third-order valence-corrected chi connectivity index (χ3v) is 7.62. The molecule has 9 heteroatoms. The number of aryl methyl sites for hydroxylation is 1. The van der Waals surface area contributed by atoms with Gasteiger partial charge in [0.25, 0.3) is 0 Å². The molecule has 2 heterocycles. The second-order valence-electron chi connectivity index (χ2n) is 12.1. The second kappa shape index (κ2) is 11.0. The minimum atomic E-state index is -1.62. The van der Waals surface area contributed by atoms with E-state index in [9.17, 15) is 14.4 Å². The summed E-state index contributed by atoms with van der Waals surface area (Å²) in [5.74, 6) is -4.38. The number of carbonyl (C=O) groups is 3. The number of amides is 3. The molecule has 216 valence electrons. The zero-order valence-corrected chi connectivity index (χ0v) is 23.9. The zero-order valence-electron chi connectivity index (χ0n) is 23.9. The Bertz CT molecular complexity index is 1470. The zero-order chi connectivity index (χ0) is 30.3. The van der Waals surface area contributed by atoms with Crippen LogP contribution in [0.5, 0.6) is 0 Å². The van der Waals surface area contributed by atoms with Crippen molar-refractivity contribution in [1.82, 2.24) is 5.32 Å². The first kappa shape index (κ1) is 29.9. The third-order valence-electron chi connectivity index (χ3n) is 7.62. The summed E-state index contributed by atoms with van der Waals surface area (Å²) >= 11 is 0. The molecule has 0 saturated carbocycles. The molecule has 2 aliphatic rings. The molecule has 0 aliphatic carbocycles. The number of benzene rings is 2. The summed E-state index contributed by atoms with van der Waals surface area (Å²) in [5, 5.41) is 8.73. The van der Waals surface area contributed by atoms with Gasteiger partial charge in [0.05, 0.1) is 17.6 Å². The number of halogens is 2. The van der Waals surface area contributed by atoms with Gasteiger partial charge in [0.1, 0.15) is 17.1 Å². The van der Waals surface area contributed by atoms with Crippen molar-refractivity contribution in [1.29, 1.82) is 0 Å². The number of rotatable bonds is 7. The molecule has 1 saturated heterocycles. The molecule has 2 aromatic carbocycles. The van der Waals surface area contributed by atoms with Crippen LogP contribution in [-0.4, -0.2) is 29.8 Å². The Morgan fingerprint density at radius 2 is 1.83 bits per heavy atom. The molecule has 3 amide bonds. The lowest BCUT2D eigenvalue weighted by Crippen LogP contribution is -2.50. The molecule has 7 nitrogen and oxygen atoms in total. The lowest BCUT2D eigenvalue weighted by Gasteiger charge is -2.36. The number of allylic oxidation sites excluding steroid dienone is 4. The van der Waals surface area contributed by atoms with Gasteiger partial charge in [-0.2, -0.15) is 0 Å².